The first-order valence-corrected chi connectivity index (χ1v) is 2.95. The van der Waals surface area contributed by atoms with Gasteiger partial charge in [0.25, 0.3) is 0 Å². The van der Waals surface area contributed by atoms with Crippen LogP contribution in [0.5, 0.6) is 0 Å². The molecule has 1 aromatic heterocycles. The van der Waals surface area contributed by atoms with E-state index < -0.39 is 0 Å². The topological polar surface area (TPSA) is 38.9 Å². The van der Waals surface area contributed by atoms with Crippen LogP contribution in [0.4, 0.5) is 0 Å². The maximum Gasteiger partial charge on any atom is 0.229 e. The Hall–Kier alpha value is -0.860. The van der Waals surface area contributed by atoms with Crippen molar-refractivity contribution in [3.63, 3.8) is 0 Å². The molecule has 46 valence electrons. The van der Waals surface area contributed by atoms with E-state index in [0.29, 0.717) is 11.8 Å². The molecule has 2 rings (SSSR count). The largest absolute Gasteiger partial charge is 0.339 e. The number of rotatable bonds is 1. The van der Waals surface area contributed by atoms with E-state index in [4.69, 9.17) is 11.4 Å². The quantitative estimate of drug-likeness (QED) is 0.558. The van der Waals surface area contributed by atoms with Crippen molar-refractivity contribution < 1.29 is 4.52 Å². The Labute approximate surface area is 53.1 Å². The van der Waals surface area contributed by atoms with Crippen LogP contribution in [-0.4, -0.2) is 10.1 Å². The van der Waals surface area contributed by atoms with Crippen LogP contribution >= 0.6 is 0 Å². The number of hydrogen-bond donors (Lipinski definition) is 0. The van der Waals surface area contributed by atoms with Gasteiger partial charge in [-0.25, -0.2) is 0 Å². The van der Waals surface area contributed by atoms with E-state index in [1.807, 2.05) is 0 Å². The summed E-state index contributed by atoms with van der Waals surface area (Å²) >= 11 is 0. The van der Waals surface area contributed by atoms with E-state index in [-0.39, 0.29) is 5.82 Å². The molecule has 0 spiro atoms. The minimum atomic E-state index is 0.247. The van der Waals surface area contributed by atoms with Gasteiger partial charge >= 0.3 is 0 Å². The Morgan fingerprint density at radius 1 is 1.56 bits per heavy atom. The van der Waals surface area contributed by atoms with E-state index >= 15 is 0 Å². The van der Waals surface area contributed by atoms with Crippen molar-refractivity contribution >= 4 is 0 Å². The SMILES string of the molecule is [CH]c1noc(C2CC2)n1. The smallest absolute Gasteiger partial charge is 0.229 e. The van der Waals surface area contributed by atoms with Gasteiger partial charge in [-0.05, 0) is 12.8 Å². The fourth-order valence-electron chi connectivity index (χ4n) is 0.743. The van der Waals surface area contributed by atoms with Gasteiger partial charge in [0, 0.05) is 12.8 Å². The molecule has 1 aliphatic rings. The third-order valence-corrected chi connectivity index (χ3v) is 1.38. The van der Waals surface area contributed by atoms with Crippen molar-refractivity contribution in [3.05, 3.63) is 18.6 Å². The summed E-state index contributed by atoms with van der Waals surface area (Å²) in [5.74, 6) is 1.46. The van der Waals surface area contributed by atoms with Crippen LogP contribution in [0.25, 0.3) is 0 Å². The second-order valence-electron chi connectivity index (χ2n) is 2.27. The normalized spacial score (nSPS) is 18.3. The molecule has 0 unspecified atom stereocenters. The lowest BCUT2D eigenvalue weighted by Crippen LogP contribution is -1.76. The van der Waals surface area contributed by atoms with E-state index in [9.17, 15) is 0 Å². The molecule has 1 aromatic rings. The highest BCUT2D eigenvalue weighted by molar-refractivity contribution is 5.02. The molecule has 1 saturated carbocycles. The van der Waals surface area contributed by atoms with Crippen molar-refractivity contribution in [1.29, 1.82) is 0 Å². The van der Waals surface area contributed by atoms with Crippen LogP contribution in [-0.2, 0) is 0 Å². The predicted octanol–water partition coefficient (Wildman–Crippen LogP) is 1.01. The van der Waals surface area contributed by atoms with Gasteiger partial charge in [-0.1, -0.05) is 5.16 Å². The highest BCUT2D eigenvalue weighted by Crippen LogP contribution is 2.38. The lowest BCUT2D eigenvalue weighted by atomic mass is 10.4. The Balaban J connectivity index is 2.28. The predicted molar refractivity (Wildman–Crippen MR) is 29.7 cm³/mol. The molecule has 0 amide bonds. The Morgan fingerprint density at radius 2 is 2.33 bits per heavy atom. The lowest BCUT2D eigenvalue weighted by Gasteiger charge is -1.78. The first kappa shape index (κ1) is 4.97. The summed E-state index contributed by atoms with van der Waals surface area (Å²) in [4.78, 5) is 3.87. The Morgan fingerprint density at radius 3 is 2.78 bits per heavy atom. The van der Waals surface area contributed by atoms with Crippen LogP contribution in [0, 0.1) is 6.92 Å². The van der Waals surface area contributed by atoms with E-state index in [0.717, 1.165) is 0 Å². The van der Waals surface area contributed by atoms with Crippen LogP contribution < -0.4 is 0 Å². The van der Waals surface area contributed by atoms with Crippen molar-refractivity contribution in [2.24, 2.45) is 0 Å². The minimum absolute atomic E-state index is 0.247. The van der Waals surface area contributed by atoms with Gasteiger partial charge in [0.05, 0.1) is 0 Å². The second-order valence-corrected chi connectivity index (χ2v) is 2.27. The van der Waals surface area contributed by atoms with E-state index in [2.05, 4.69) is 10.1 Å². The van der Waals surface area contributed by atoms with E-state index in [1.54, 1.807) is 0 Å². The first-order valence-electron chi connectivity index (χ1n) is 2.95. The van der Waals surface area contributed by atoms with Crippen LogP contribution in [0.15, 0.2) is 4.52 Å². The number of nitrogens with zero attached hydrogens (tertiary/aromatic N) is 2. The van der Waals surface area contributed by atoms with Crippen LogP contribution in [0.3, 0.4) is 0 Å². The molecule has 0 N–H and O–H groups in total. The van der Waals surface area contributed by atoms with Gasteiger partial charge in [0.15, 0.2) is 5.82 Å². The van der Waals surface area contributed by atoms with Gasteiger partial charge in [0.2, 0.25) is 5.89 Å². The summed E-state index contributed by atoms with van der Waals surface area (Å²) in [6, 6.07) is 0. The monoisotopic (exact) mass is 122 g/mol. The van der Waals surface area contributed by atoms with Crippen molar-refractivity contribution in [3.8, 4) is 0 Å². The molecule has 0 saturated heterocycles. The highest BCUT2D eigenvalue weighted by atomic mass is 16.5. The third-order valence-electron chi connectivity index (χ3n) is 1.38. The molecule has 0 aromatic carbocycles. The second kappa shape index (κ2) is 1.56. The molecule has 1 fully saturated rings. The van der Waals surface area contributed by atoms with E-state index in [1.165, 1.54) is 12.8 Å². The van der Waals surface area contributed by atoms with Crippen molar-refractivity contribution in [2.75, 3.05) is 0 Å². The highest BCUT2D eigenvalue weighted by Gasteiger charge is 2.28. The van der Waals surface area contributed by atoms with Crippen LogP contribution in [0.1, 0.15) is 30.5 Å². The molecule has 1 heterocycles. The number of hydrogen-bond acceptors (Lipinski definition) is 3. The fourth-order valence-corrected chi connectivity index (χ4v) is 0.743. The molecule has 2 radical (unpaired) electrons. The average molecular weight is 122 g/mol. The third kappa shape index (κ3) is 0.823. The molecule has 3 nitrogen and oxygen atoms in total. The molecule has 3 heteroatoms. The summed E-state index contributed by atoms with van der Waals surface area (Å²) in [5.41, 5.74) is 0. The molecule has 9 heavy (non-hydrogen) atoms. The molecule has 1 aliphatic carbocycles. The van der Waals surface area contributed by atoms with Crippen LogP contribution in [0.2, 0.25) is 0 Å². The molecular formula is C6H6N2O. The summed E-state index contributed by atoms with van der Waals surface area (Å²) in [5, 5.41) is 3.47. The van der Waals surface area contributed by atoms with Gasteiger partial charge in [-0.15, -0.1) is 0 Å². The zero-order valence-electron chi connectivity index (χ0n) is 4.87. The summed E-state index contributed by atoms with van der Waals surface area (Å²) < 4.78 is 4.80. The molecular weight excluding hydrogens is 116 g/mol. The molecule has 0 aliphatic heterocycles. The standard InChI is InChI=1S/C6H6N2O/c1-4-7-6(9-8-4)5-2-3-5/h1,5H,2-3H2. The summed E-state index contributed by atoms with van der Waals surface area (Å²) in [6.45, 7) is 5.23. The maximum absolute atomic E-state index is 5.23. The van der Waals surface area contributed by atoms with Gasteiger partial charge in [-0.3, -0.25) is 0 Å². The van der Waals surface area contributed by atoms with Crippen molar-refractivity contribution in [1.82, 2.24) is 10.1 Å². The molecule has 0 atom stereocenters. The van der Waals surface area contributed by atoms with Gasteiger partial charge in [0.1, 0.15) is 0 Å². The number of aromatic nitrogens is 2. The molecule has 0 bridgehead atoms. The van der Waals surface area contributed by atoms with Gasteiger partial charge in [-0.2, -0.15) is 4.98 Å². The average Bonchev–Trinajstić information content (AvgIpc) is 2.58. The zero-order chi connectivity index (χ0) is 6.27. The fraction of sp³-hybridized carbons (Fsp3) is 0.500. The summed E-state index contributed by atoms with van der Waals surface area (Å²) in [7, 11) is 0. The van der Waals surface area contributed by atoms with Crippen molar-refractivity contribution in [2.45, 2.75) is 18.8 Å². The Kier molecular flexibility index (Phi) is 0.860. The van der Waals surface area contributed by atoms with Gasteiger partial charge < -0.3 is 4.52 Å². The summed E-state index contributed by atoms with van der Waals surface area (Å²) in [6.07, 6.45) is 2.34. The lowest BCUT2D eigenvalue weighted by molar-refractivity contribution is 0.377. The minimum Gasteiger partial charge on any atom is -0.339 e. The Bertz CT molecular complexity index is 215. The first-order chi connectivity index (χ1) is 4.36. The zero-order valence-corrected chi connectivity index (χ0v) is 4.87. The maximum atomic E-state index is 5.23.